The molecule has 1 fully saturated rings. The lowest BCUT2D eigenvalue weighted by molar-refractivity contribution is -0.144. The van der Waals surface area contributed by atoms with E-state index in [0.717, 1.165) is 6.42 Å². The molecule has 0 N–H and O–H groups in total. The van der Waals surface area contributed by atoms with Gasteiger partial charge in [-0.2, -0.15) is 8.78 Å². The Labute approximate surface area is 160 Å². The highest BCUT2D eigenvalue weighted by Gasteiger charge is 2.39. The van der Waals surface area contributed by atoms with E-state index < -0.39 is 11.7 Å². The molecule has 0 aromatic heterocycles. The van der Waals surface area contributed by atoms with Gasteiger partial charge in [0.25, 0.3) is 0 Å². The fourth-order valence-electron chi connectivity index (χ4n) is 3.51. The second kappa shape index (κ2) is 12.0. The first-order chi connectivity index (χ1) is 12.8. The quantitative estimate of drug-likeness (QED) is 0.253. The number of rotatable bonds is 13. The molecule has 0 saturated heterocycles. The number of hydrogen-bond donors (Lipinski definition) is 0. The third kappa shape index (κ3) is 8.31. The zero-order chi connectivity index (χ0) is 20.3. The smallest absolute Gasteiger partial charge is 0.305 e. The Morgan fingerprint density at radius 2 is 1.96 bits per heavy atom. The van der Waals surface area contributed by atoms with E-state index in [1.165, 1.54) is 7.11 Å². The summed E-state index contributed by atoms with van der Waals surface area (Å²) in [6, 6.07) is 0. The molecule has 0 aromatic carbocycles. The molecule has 0 heterocycles. The van der Waals surface area contributed by atoms with E-state index in [2.05, 4.69) is 4.74 Å². The van der Waals surface area contributed by atoms with Gasteiger partial charge in [0.15, 0.2) is 0 Å². The molecule has 0 aliphatic heterocycles. The van der Waals surface area contributed by atoms with Gasteiger partial charge >= 0.3 is 11.9 Å². The average molecular weight is 386 g/mol. The molecule has 0 radical (unpaired) electrons. The molecular weight excluding hydrogens is 354 g/mol. The van der Waals surface area contributed by atoms with Crippen LogP contribution in [0.15, 0.2) is 12.2 Å². The highest BCUT2D eigenvalue weighted by atomic mass is 19.3. The van der Waals surface area contributed by atoms with E-state index in [-0.39, 0.29) is 36.4 Å². The van der Waals surface area contributed by atoms with E-state index in [1.54, 1.807) is 0 Å². The summed E-state index contributed by atoms with van der Waals surface area (Å²) in [6.07, 6.45) is 8.13. The molecule has 4 nitrogen and oxygen atoms in total. The summed E-state index contributed by atoms with van der Waals surface area (Å²) in [5.41, 5.74) is 0. The van der Waals surface area contributed by atoms with Gasteiger partial charge in [0.2, 0.25) is 5.78 Å². The maximum absolute atomic E-state index is 13.8. The van der Waals surface area contributed by atoms with Crippen LogP contribution in [0, 0.1) is 11.8 Å². The van der Waals surface area contributed by atoms with E-state index in [0.29, 0.717) is 51.4 Å². The molecule has 1 aliphatic carbocycles. The van der Waals surface area contributed by atoms with Crippen molar-refractivity contribution in [2.24, 2.45) is 11.8 Å². The first-order valence-corrected chi connectivity index (χ1v) is 9.97. The van der Waals surface area contributed by atoms with Gasteiger partial charge in [-0.25, -0.2) is 0 Å². The molecule has 2 atom stereocenters. The number of carbonyl (C=O) groups excluding carboxylic acids is 3. The van der Waals surface area contributed by atoms with Gasteiger partial charge in [0.1, 0.15) is 5.78 Å². The normalized spacial score (nSPS) is 20.4. The molecule has 1 rings (SSSR count). The van der Waals surface area contributed by atoms with Crippen molar-refractivity contribution in [1.29, 1.82) is 0 Å². The van der Waals surface area contributed by atoms with Crippen molar-refractivity contribution in [1.82, 2.24) is 0 Å². The Morgan fingerprint density at radius 1 is 1.22 bits per heavy atom. The summed E-state index contributed by atoms with van der Waals surface area (Å²) in [5, 5.41) is 0. The van der Waals surface area contributed by atoms with E-state index in [4.69, 9.17) is 0 Å². The molecule has 0 amide bonds. The van der Waals surface area contributed by atoms with Crippen molar-refractivity contribution in [3.8, 4) is 0 Å². The number of ether oxygens (including phenoxy) is 1. The van der Waals surface area contributed by atoms with Crippen molar-refractivity contribution in [3.05, 3.63) is 12.2 Å². The van der Waals surface area contributed by atoms with Crippen molar-refractivity contribution in [3.63, 3.8) is 0 Å². The molecule has 154 valence electrons. The van der Waals surface area contributed by atoms with Crippen molar-refractivity contribution < 1.29 is 27.9 Å². The lowest BCUT2D eigenvalue weighted by Gasteiger charge is -2.19. The Balaban J connectivity index is 2.41. The van der Waals surface area contributed by atoms with Crippen LogP contribution in [0.2, 0.25) is 0 Å². The number of esters is 1. The standard InChI is InChI=1S/C21H32F2O4/c1-3-4-15-21(22,23)19(25)14-12-16-11-13-18(24)17(16)9-7-5-6-8-10-20(26)27-2/h5,7,16-17H,3-4,6,8-15H2,1-2H3/t16?,17-/m1/s1. The first-order valence-electron chi connectivity index (χ1n) is 9.97. The number of halogens is 2. The van der Waals surface area contributed by atoms with Crippen LogP contribution in [0.25, 0.3) is 0 Å². The number of alkyl halides is 2. The van der Waals surface area contributed by atoms with E-state index >= 15 is 0 Å². The number of allylic oxidation sites excluding steroid dienone is 2. The Morgan fingerprint density at radius 3 is 2.63 bits per heavy atom. The minimum absolute atomic E-state index is 0.00291. The minimum atomic E-state index is -3.24. The molecule has 1 unspecified atom stereocenters. The predicted octanol–water partition coefficient (Wildman–Crippen LogP) is 5.05. The largest absolute Gasteiger partial charge is 0.469 e. The summed E-state index contributed by atoms with van der Waals surface area (Å²) < 4.78 is 32.2. The molecule has 1 saturated carbocycles. The Bertz CT molecular complexity index is 528. The minimum Gasteiger partial charge on any atom is -0.469 e. The van der Waals surface area contributed by atoms with E-state index in [1.807, 2.05) is 19.1 Å². The summed E-state index contributed by atoms with van der Waals surface area (Å²) in [7, 11) is 1.36. The SMILES string of the molecule is CCCCC(F)(F)C(=O)CCC1CCC(=O)[C@@H]1CC=CCCCC(=O)OC. The number of hydrogen-bond acceptors (Lipinski definition) is 4. The zero-order valence-electron chi connectivity index (χ0n) is 16.5. The highest BCUT2D eigenvalue weighted by molar-refractivity contribution is 5.86. The fourth-order valence-corrected chi connectivity index (χ4v) is 3.51. The second-order valence-corrected chi connectivity index (χ2v) is 7.32. The summed E-state index contributed by atoms with van der Waals surface area (Å²) in [4.78, 5) is 35.0. The maximum atomic E-state index is 13.8. The van der Waals surface area contributed by atoms with Gasteiger partial charge in [0.05, 0.1) is 7.11 Å². The molecule has 27 heavy (non-hydrogen) atoms. The highest BCUT2D eigenvalue weighted by Crippen LogP contribution is 2.36. The molecular formula is C21H32F2O4. The van der Waals surface area contributed by atoms with Crippen LogP contribution in [0.1, 0.15) is 77.6 Å². The van der Waals surface area contributed by atoms with Gasteiger partial charge in [0, 0.05) is 31.6 Å². The first kappa shape index (κ1) is 23.4. The molecule has 0 bridgehead atoms. The molecule has 0 aromatic rings. The van der Waals surface area contributed by atoms with E-state index in [9.17, 15) is 23.2 Å². The summed E-state index contributed by atoms with van der Waals surface area (Å²) in [5.74, 6) is -4.50. The maximum Gasteiger partial charge on any atom is 0.305 e. The summed E-state index contributed by atoms with van der Waals surface area (Å²) >= 11 is 0. The lowest BCUT2D eigenvalue weighted by atomic mass is 9.87. The molecule has 1 aliphatic rings. The number of Topliss-reactive ketones (excluding diaryl/α,β-unsaturated/α-hetero) is 2. The molecule has 0 spiro atoms. The van der Waals surface area contributed by atoms with Gasteiger partial charge in [-0.05, 0) is 44.4 Å². The Kier molecular flexibility index (Phi) is 10.4. The topological polar surface area (TPSA) is 60.4 Å². The zero-order valence-corrected chi connectivity index (χ0v) is 16.5. The van der Waals surface area contributed by atoms with Crippen LogP contribution >= 0.6 is 0 Å². The van der Waals surface area contributed by atoms with Crippen LogP contribution in [0.3, 0.4) is 0 Å². The third-order valence-electron chi connectivity index (χ3n) is 5.27. The number of carbonyl (C=O) groups is 3. The van der Waals surface area contributed by atoms with Crippen LogP contribution in [0.5, 0.6) is 0 Å². The Hall–Kier alpha value is -1.59. The fraction of sp³-hybridized carbons (Fsp3) is 0.762. The van der Waals surface area contributed by atoms with Gasteiger partial charge in [-0.3, -0.25) is 14.4 Å². The van der Waals surface area contributed by atoms with Crippen molar-refractivity contribution >= 4 is 17.5 Å². The van der Waals surface area contributed by atoms with Gasteiger partial charge < -0.3 is 4.74 Å². The van der Waals surface area contributed by atoms with Crippen LogP contribution in [0.4, 0.5) is 8.78 Å². The summed E-state index contributed by atoms with van der Waals surface area (Å²) in [6.45, 7) is 1.82. The van der Waals surface area contributed by atoms with Crippen LogP contribution in [-0.4, -0.2) is 30.6 Å². The van der Waals surface area contributed by atoms with Gasteiger partial charge in [-0.1, -0.05) is 25.5 Å². The monoisotopic (exact) mass is 386 g/mol. The second-order valence-electron chi connectivity index (χ2n) is 7.32. The molecule has 6 heteroatoms. The van der Waals surface area contributed by atoms with Crippen molar-refractivity contribution in [2.45, 2.75) is 83.5 Å². The number of unbranched alkanes of at least 4 members (excludes halogenated alkanes) is 2. The van der Waals surface area contributed by atoms with Crippen LogP contribution in [-0.2, 0) is 19.1 Å². The third-order valence-corrected chi connectivity index (χ3v) is 5.27. The van der Waals surface area contributed by atoms with Crippen LogP contribution < -0.4 is 0 Å². The van der Waals surface area contributed by atoms with Crippen molar-refractivity contribution in [2.75, 3.05) is 7.11 Å². The lowest BCUT2D eigenvalue weighted by Crippen LogP contribution is -2.29. The average Bonchev–Trinajstić information content (AvgIpc) is 3.00. The number of ketones is 2. The predicted molar refractivity (Wildman–Crippen MR) is 99.6 cm³/mol. The van der Waals surface area contributed by atoms with Gasteiger partial charge in [-0.15, -0.1) is 0 Å². The number of methoxy groups -OCH3 is 1.